The fourth-order valence-corrected chi connectivity index (χ4v) is 4.20. The monoisotopic (exact) mass is 407 g/mol. The molecule has 0 amide bonds. The number of ether oxygens (including phenoxy) is 2. The molecule has 1 unspecified atom stereocenters. The van der Waals surface area contributed by atoms with Gasteiger partial charge in [-0.05, 0) is 51.0 Å². The maximum Gasteiger partial charge on any atom is 0.336 e. The summed E-state index contributed by atoms with van der Waals surface area (Å²) in [5.41, 5.74) is 1.82. The molecule has 0 saturated heterocycles. The summed E-state index contributed by atoms with van der Waals surface area (Å²) in [7, 11) is 0. The lowest BCUT2D eigenvalue weighted by Gasteiger charge is -2.34. The molecule has 1 fully saturated rings. The highest BCUT2D eigenvalue weighted by atomic mass is 16.6. The van der Waals surface area contributed by atoms with E-state index in [1.807, 2.05) is 49.4 Å². The van der Waals surface area contributed by atoms with E-state index >= 15 is 0 Å². The van der Waals surface area contributed by atoms with Crippen LogP contribution in [-0.4, -0.2) is 30.7 Å². The van der Waals surface area contributed by atoms with E-state index < -0.39 is 17.8 Å². The molecular formula is C24H25NO5. The number of fused-ring (bicyclic) bond motifs is 1. The minimum atomic E-state index is -0.499. The Kier molecular flexibility index (Phi) is 5.84. The zero-order valence-electron chi connectivity index (χ0n) is 17.2. The molecule has 2 aliphatic rings. The van der Waals surface area contributed by atoms with Crippen LogP contribution in [0.3, 0.4) is 0 Å². The second kappa shape index (κ2) is 8.69. The van der Waals surface area contributed by atoms with E-state index in [1.54, 1.807) is 6.92 Å². The van der Waals surface area contributed by atoms with Crippen LogP contribution < -0.4 is 4.74 Å². The predicted octanol–water partition coefficient (Wildman–Crippen LogP) is 4.39. The number of hydrogen-bond acceptors (Lipinski definition) is 6. The molecule has 1 aliphatic carbocycles. The molecule has 2 aromatic rings. The largest absolute Gasteiger partial charge is 0.490 e. The first-order chi connectivity index (χ1) is 14.5. The van der Waals surface area contributed by atoms with Crippen LogP contribution in [0, 0.1) is 12.8 Å². The SMILES string of the molecule is CC1=C(C(=O)OCCOc2ccccc2)[C@H](c2ccc(C)o2)C2C(=O)CCCC2=N1. The number of allylic oxidation sites excluding steroid dienone is 1. The Morgan fingerprint density at radius 3 is 2.60 bits per heavy atom. The number of para-hydroxylation sites is 1. The topological polar surface area (TPSA) is 78.1 Å². The number of carbonyl (C=O) groups excluding carboxylic acids is 2. The van der Waals surface area contributed by atoms with Gasteiger partial charge in [-0.15, -0.1) is 0 Å². The summed E-state index contributed by atoms with van der Waals surface area (Å²) in [6.45, 7) is 3.98. The first-order valence-electron chi connectivity index (χ1n) is 10.3. The smallest absolute Gasteiger partial charge is 0.336 e. The molecule has 0 bridgehead atoms. The zero-order chi connectivity index (χ0) is 21.1. The van der Waals surface area contributed by atoms with Gasteiger partial charge in [-0.1, -0.05) is 18.2 Å². The molecule has 1 aromatic heterocycles. The molecule has 0 spiro atoms. The lowest BCUT2D eigenvalue weighted by atomic mass is 9.71. The summed E-state index contributed by atoms with van der Waals surface area (Å²) in [6, 6.07) is 13.0. The van der Waals surface area contributed by atoms with Crippen LogP contribution in [0.5, 0.6) is 5.75 Å². The number of ketones is 1. The van der Waals surface area contributed by atoms with E-state index in [2.05, 4.69) is 4.99 Å². The standard InChI is InChI=1S/C24H25NO5/c1-15-11-12-20(30-15)23-21(16(2)25-18-9-6-10-19(26)22(18)23)24(27)29-14-13-28-17-7-4-3-5-8-17/h3-5,7-8,11-12,22-23H,6,9-10,13-14H2,1-2H3/t22?,23-/m0/s1. The molecular weight excluding hydrogens is 382 g/mol. The third-order valence-electron chi connectivity index (χ3n) is 5.52. The number of furan rings is 1. The fraction of sp³-hybridized carbons (Fsp3) is 0.375. The number of aryl methyl sites for hydroxylation is 1. The van der Waals surface area contributed by atoms with E-state index in [1.165, 1.54) is 0 Å². The maximum atomic E-state index is 13.0. The van der Waals surface area contributed by atoms with Gasteiger partial charge >= 0.3 is 5.97 Å². The van der Waals surface area contributed by atoms with Crippen LogP contribution in [0.1, 0.15) is 43.6 Å². The van der Waals surface area contributed by atoms with Gasteiger partial charge in [0.2, 0.25) is 0 Å². The summed E-state index contributed by atoms with van der Waals surface area (Å²) < 4.78 is 17.0. The summed E-state index contributed by atoms with van der Waals surface area (Å²) in [6.07, 6.45) is 2.05. The van der Waals surface area contributed by atoms with Crippen LogP contribution in [0.2, 0.25) is 0 Å². The van der Waals surface area contributed by atoms with Crippen molar-refractivity contribution in [3.63, 3.8) is 0 Å². The number of esters is 1. The summed E-state index contributed by atoms with van der Waals surface area (Å²) in [4.78, 5) is 30.4. The van der Waals surface area contributed by atoms with Gasteiger partial charge in [-0.2, -0.15) is 0 Å². The van der Waals surface area contributed by atoms with Crippen molar-refractivity contribution in [1.29, 1.82) is 0 Å². The van der Waals surface area contributed by atoms with Crippen LogP contribution in [-0.2, 0) is 14.3 Å². The van der Waals surface area contributed by atoms with Gasteiger partial charge in [0.1, 0.15) is 36.3 Å². The maximum absolute atomic E-state index is 13.0. The number of nitrogens with zero attached hydrogens (tertiary/aromatic N) is 1. The average Bonchev–Trinajstić information content (AvgIpc) is 3.17. The molecule has 2 atom stereocenters. The van der Waals surface area contributed by atoms with E-state index in [-0.39, 0.29) is 19.0 Å². The lowest BCUT2D eigenvalue weighted by Crippen LogP contribution is -2.39. The molecule has 1 aliphatic heterocycles. The number of hydrogen-bond donors (Lipinski definition) is 0. The first-order valence-corrected chi connectivity index (χ1v) is 10.3. The summed E-state index contributed by atoms with van der Waals surface area (Å²) in [5, 5.41) is 0. The van der Waals surface area contributed by atoms with E-state index in [4.69, 9.17) is 13.9 Å². The van der Waals surface area contributed by atoms with E-state index in [0.29, 0.717) is 29.2 Å². The summed E-state index contributed by atoms with van der Waals surface area (Å²) >= 11 is 0. The fourth-order valence-electron chi connectivity index (χ4n) is 4.20. The lowest BCUT2D eigenvalue weighted by molar-refractivity contribution is -0.140. The Morgan fingerprint density at radius 1 is 1.07 bits per heavy atom. The summed E-state index contributed by atoms with van der Waals surface area (Å²) in [5.74, 6) is 0.713. The van der Waals surface area contributed by atoms with Crippen molar-refractivity contribution in [2.75, 3.05) is 13.2 Å². The highest BCUT2D eigenvalue weighted by molar-refractivity contribution is 6.11. The van der Waals surface area contributed by atoms with Gasteiger partial charge in [0.25, 0.3) is 0 Å². The molecule has 30 heavy (non-hydrogen) atoms. The molecule has 0 N–H and O–H groups in total. The van der Waals surface area contributed by atoms with Crippen molar-refractivity contribution in [2.24, 2.45) is 10.9 Å². The molecule has 0 radical (unpaired) electrons. The molecule has 6 heteroatoms. The minimum absolute atomic E-state index is 0.101. The second-order valence-corrected chi connectivity index (χ2v) is 7.62. The van der Waals surface area contributed by atoms with Crippen molar-refractivity contribution < 1.29 is 23.5 Å². The predicted molar refractivity (Wildman–Crippen MR) is 112 cm³/mol. The third-order valence-corrected chi connectivity index (χ3v) is 5.52. The van der Waals surface area contributed by atoms with E-state index in [9.17, 15) is 9.59 Å². The van der Waals surface area contributed by atoms with Gasteiger partial charge in [0.15, 0.2) is 0 Å². The van der Waals surface area contributed by atoms with Gasteiger partial charge in [-0.3, -0.25) is 9.79 Å². The Hall–Kier alpha value is -3.15. The Balaban J connectivity index is 1.54. The van der Waals surface area contributed by atoms with Gasteiger partial charge < -0.3 is 13.9 Å². The number of carbonyl (C=O) groups is 2. The van der Waals surface area contributed by atoms with Gasteiger partial charge in [0.05, 0.1) is 17.4 Å². The van der Waals surface area contributed by atoms with Gasteiger partial charge in [-0.25, -0.2) is 4.79 Å². The van der Waals surface area contributed by atoms with Crippen molar-refractivity contribution in [3.05, 3.63) is 65.3 Å². The number of benzene rings is 1. The molecule has 1 saturated carbocycles. The minimum Gasteiger partial charge on any atom is -0.490 e. The first kappa shape index (κ1) is 20.1. The van der Waals surface area contributed by atoms with Crippen molar-refractivity contribution >= 4 is 17.5 Å². The van der Waals surface area contributed by atoms with E-state index in [0.717, 1.165) is 24.3 Å². The number of aliphatic imine (C=N–C) groups is 1. The molecule has 156 valence electrons. The van der Waals surface area contributed by atoms with Crippen LogP contribution in [0.15, 0.2) is 63.1 Å². The second-order valence-electron chi connectivity index (χ2n) is 7.62. The van der Waals surface area contributed by atoms with Crippen LogP contribution in [0.4, 0.5) is 0 Å². The number of rotatable bonds is 6. The molecule has 4 rings (SSSR count). The van der Waals surface area contributed by atoms with Crippen molar-refractivity contribution in [3.8, 4) is 5.75 Å². The van der Waals surface area contributed by atoms with Crippen molar-refractivity contribution in [2.45, 2.75) is 39.0 Å². The van der Waals surface area contributed by atoms with Crippen LogP contribution in [0.25, 0.3) is 0 Å². The third kappa shape index (κ3) is 4.08. The quantitative estimate of drug-likeness (QED) is 0.524. The Morgan fingerprint density at radius 2 is 1.87 bits per heavy atom. The van der Waals surface area contributed by atoms with Gasteiger partial charge in [0, 0.05) is 17.8 Å². The zero-order valence-corrected chi connectivity index (χ0v) is 17.2. The highest BCUT2D eigenvalue weighted by Gasteiger charge is 2.45. The normalized spacial score (nSPS) is 21.1. The number of Topliss-reactive ketones (excluding diaryl/α,β-unsaturated/α-hetero) is 1. The molecule has 2 heterocycles. The molecule has 6 nitrogen and oxygen atoms in total. The highest BCUT2D eigenvalue weighted by Crippen LogP contribution is 2.43. The molecule has 1 aromatic carbocycles. The Bertz CT molecular complexity index is 1000. The Labute approximate surface area is 175 Å². The van der Waals surface area contributed by atoms with Crippen molar-refractivity contribution in [1.82, 2.24) is 0 Å². The average molecular weight is 407 g/mol. The van der Waals surface area contributed by atoms with Crippen LogP contribution >= 0.6 is 0 Å².